The smallest absolute Gasteiger partial charge is 0.337 e. The summed E-state index contributed by atoms with van der Waals surface area (Å²) >= 11 is 0. The summed E-state index contributed by atoms with van der Waals surface area (Å²) in [5.74, 6) is -0.600. The number of pyridine rings is 1. The van der Waals surface area contributed by atoms with Crippen molar-refractivity contribution in [2.45, 2.75) is 6.42 Å². The van der Waals surface area contributed by atoms with E-state index in [9.17, 15) is 4.79 Å². The molecule has 0 bridgehead atoms. The second-order valence-electron chi connectivity index (χ2n) is 3.26. The lowest BCUT2D eigenvalue weighted by atomic mass is 10.2. The van der Waals surface area contributed by atoms with Crippen LogP contribution in [0.2, 0.25) is 0 Å². The number of rotatable bonds is 4. The summed E-state index contributed by atoms with van der Waals surface area (Å²) < 4.78 is 0. The third-order valence-corrected chi connectivity index (χ3v) is 2.10. The number of nitrogens with two attached hydrogens (primary N) is 1. The van der Waals surface area contributed by atoms with Gasteiger partial charge in [0.2, 0.25) is 0 Å². The SMILES string of the molecule is CN(CCC#N)c1cc(C(=O)O)c(N)cn1. The molecule has 1 aromatic rings. The van der Waals surface area contributed by atoms with Crippen LogP contribution in [0.1, 0.15) is 16.8 Å². The molecule has 6 nitrogen and oxygen atoms in total. The van der Waals surface area contributed by atoms with Crippen LogP contribution in [0.15, 0.2) is 12.3 Å². The van der Waals surface area contributed by atoms with Crippen molar-refractivity contribution in [3.8, 4) is 6.07 Å². The second-order valence-corrected chi connectivity index (χ2v) is 3.26. The van der Waals surface area contributed by atoms with Crippen molar-refractivity contribution < 1.29 is 9.90 Å². The number of aromatic carboxylic acids is 1. The van der Waals surface area contributed by atoms with Gasteiger partial charge in [-0.3, -0.25) is 0 Å². The maximum absolute atomic E-state index is 10.8. The van der Waals surface area contributed by atoms with Gasteiger partial charge in [-0.25, -0.2) is 9.78 Å². The molecule has 0 unspecified atom stereocenters. The molecule has 3 N–H and O–H groups in total. The van der Waals surface area contributed by atoms with Gasteiger partial charge in [0.05, 0.1) is 29.9 Å². The normalized spacial score (nSPS) is 9.50. The van der Waals surface area contributed by atoms with Gasteiger partial charge in [0.1, 0.15) is 5.82 Å². The summed E-state index contributed by atoms with van der Waals surface area (Å²) in [4.78, 5) is 16.5. The van der Waals surface area contributed by atoms with Crippen molar-refractivity contribution in [3.05, 3.63) is 17.8 Å². The van der Waals surface area contributed by atoms with E-state index in [1.165, 1.54) is 12.3 Å². The molecule has 0 aliphatic rings. The standard InChI is InChI=1S/C10H12N4O2/c1-14(4-2-3-11)9-5-7(10(15)16)8(12)6-13-9/h5-6H,2,4,12H2,1H3,(H,15,16). The van der Waals surface area contributed by atoms with Gasteiger partial charge in [-0.2, -0.15) is 5.26 Å². The summed E-state index contributed by atoms with van der Waals surface area (Å²) in [6.07, 6.45) is 1.66. The fourth-order valence-electron chi connectivity index (χ4n) is 1.18. The van der Waals surface area contributed by atoms with E-state index in [-0.39, 0.29) is 11.3 Å². The van der Waals surface area contributed by atoms with Crippen LogP contribution in [0.25, 0.3) is 0 Å². The predicted molar refractivity (Wildman–Crippen MR) is 59.1 cm³/mol. The summed E-state index contributed by atoms with van der Waals surface area (Å²) in [5.41, 5.74) is 5.63. The molecule has 1 rings (SSSR count). The maximum Gasteiger partial charge on any atom is 0.337 e. The van der Waals surface area contributed by atoms with Crippen LogP contribution in [0.4, 0.5) is 11.5 Å². The number of carboxylic acid groups (broad SMARTS) is 1. The van der Waals surface area contributed by atoms with Crippen molar-refractivity contribution in [1.82, 2.24) is 4.98 Å². The number of carbonyl (C=O) groups is 1. The van der Waals surface area contributed by atoms with Gasteiger partial charge in [0.25, 0.3) is 0 Å². The zero-order valence-electron chi connectivity index (χ0n) is 8.84. The minimum absolute atomic E-state index is 0.0220. The van der Waals surface area contributed by atoms with Crippen molar-refractivity contribution in [2.75, 3.05) is 24.2 Å². The van der Waals surface area contributed by atoms with E-state index in [4.69, 9.17) is 16.1 Å². The van der Waals surface area contributed by atoms with Crippen LogP contribution in [-0.4, -0.2) is 29.7 Å². The zero-order valence-corrected chi connectivity index (χ0v) is 8.84. The van der Waals surface area contributed by atoms with Crippen LogP contribution >= 0.6 is 0 Å². The van der Waals surface area contributed by atoms with Gasteiger partial charge >= 0.3 is 5.97 Å². The number of hydrogen-bond acceptors (Lipinski definition) is 5. The summed E-state index contributed by atoms with van der Waals surface area (Å²) in [6.45, 7) is 0.493. The molecule has 0 saturated carbocycles. The molecule has 0 fully saturated rings. The van der Waals surface area contributed by atoms with Crippen LogP contribution < -0.4 is 10.6 Å². The summed E-state index contributed by atoms with van der Waals surface area (Å²) in [5, 5.41) is 17.3. The number of nitrogens with zero attached hydrogens (tertiary/aromatic N) is 3. The molecule has 0 aromatic carbocycles. The van der Waals surface area contributed by atoms with Gasteiger partial charge in [-0.1, -0.05) is 0 Å². The Hall–Kier alpha value is -2.29. The molecule has 0 aliphatic carbocycles. The van der Waals surface area contributed by atoms with Crippen molar-refractivity contribution in [1.29, 1.82) is 5.26 Å². The van der Waals surface area contributed by atoms with E-state index in [1.54, 1.807) is 11.9 Å². The lowest BCUT2D eigenvalue weighted by Gasteiger charge is -2.17. The van der Waals surface area contributed by atoms with E-state index in [2.05, 4.69) is 4.98 Å². The molecule has 1 aromatic heterocycles. The molecule has 1 heterocycles. The third kappa shape index (κ3) is 2.60. The first-order valence-corrected chi connectivity index (χ1v) is 4.63. The van der Waals surface area contributed by atoms with E-state index in [1.807, 2.05) is 6.07 Å². The first-order valence-electron chi connectivity index (χ1n) is 4.63. The maximum atomic E-state index is 10.8. The van der Waals surface area contributed by atoms with Gasteiger partial charge < -0.3 is 15.7 Å². The molecule has 84 valence electrons. The van der Waals surface area contributed by atoms with Crippen LogP contribution in [-0.2, 0) is 0 Å². The van der Waals surface area contributed by atoms with Gasteiger partial charge in [-0.15, -0.1) is 0 Å². The number of hydrogen-bond donors (Lipinski definition) is 2. The third-order valence-electron chi connectivity index (χ3n) is 2.10. The minimum atomic E-state index is -1.09. The monoisotopic (exact) mass is 220 g/mol. The van der Waals surface area contributed by atoms with Crippen LogP contribution in [0.5, 0.6) is 0 Å². The van der Waals surface area contributed by atoms with Gasteiger partial charge in [0.15, 0.2) is 0 Å². The highest BCUT2D eigenvalue weighted by Crippen LogP contribution is 2.17. The number of nitriles is 1. The van der Waals surface area contributed by atoms with Crippen molar-refractivity contribution in [2.24, 2.45) is 0 Å². The Bertz CT molecular complexity index is 439. The summed E-state index contributed by atoms with van der Waals surface area (Å²) in [7, 11) is 1.74. The minimum Gasteiger partial charge on any atom is -0.478 e. The molecule has 16 heavy (non-hydrogen) atoms. The van der Waals surface area contributed by atoms with E-state index >= 15 is 0 Å². The molecule has 0 atom stereocenters. The Morgan fingerprint density at radius 1 is 1.75 bits per heavy atom. The highest BCUT2D eigenvalue weighted by atomic mass is 16.4. The van der Waals surface area contributed by atoms with E-state index in [0.29, 0.717) is 18.8 Å². The van der Waals surface area contributed by atoms with Crippen molar-refractivity contribution >= 4 is 17.5 Å². The number of nitrogen functional groups attached to an aromatic ring is 1. The highest BCUT2D eigenvalue weighted by Gasteiger charge is 2.11. The average Bonchev–Trinajstić information content (AvgIpc) is 2.26. The molecule has 0 saturated heterocycles. The second kappa shape index (κ2) is 4.98. The average molecular weight is 220 g/mol. The number of carboxylic acids is 1. The molecule has 0 spiro atoms. The Kier molecular flexibility index (Phi) is 3.67. The molecule has 0 radical (unpaired) electrons. The zero-order chi connectivity index (χ0) is 12.1. The largest absolute Gasteiger partial charge is 0.478 e. The van der Waals surface area contributed by atoms with Gasteiger partial charge in [-0.05, 0) is 6.07 Å². The first kappa shape index (κ1) is 11.8. The topological polar surface area (TPSA) is 103 Å². The van der Waals surface area contributed by atoms with Crippen LogP contribution in [0.3, 0.4) is 0 Å². The Morgan fingerprint density at radius 3 is 3.00 bits per heavy atom. The predicted octanol–water partition coefficient (Wildman–Crippen LogP) is 0.712. The molecular weight excluding hydrogens is 208 g/mol. The molecule has 6 heteroatoms. The number of aromatic nitrogens is 1. The Balaban J connectivity index is 2.94. The Morgan fingerprint density at radius 2 is 2.44 bits per heavy atom. The quantitative estimate of drug-likeness (QED) is 0.774. The highest BCUT2D eigenvalue weighted by molar-refractivity contribution is 5.94. The van der Waals surface area contributed by atoms with Crippen LogP contribution in [0, 0.1) is 11.3 Å². The molecule has 0 aliphatic heterocycles. The lowest BCUT2D eigenvalue weighted by molar-refractivity contribution is 0.0698. The van der Waals surface area contributed by atoms with Gasteiger partial charge in [0, 0.05) is 13.6 Å². The lowest BCUT2D eigenvalue weighted by Crippen LogP contribution is -2.20. The van der Waals surface area contributed by atoms with E-state index in [0.717, 1.165) is 0 Å². The Labute approximate surface area is 92.9 Å². The molecular formula is C10H12N4O2. The fraction of sp³-hybridized carbons (Fsp3) is 0.300. The van der Waals surface area contributed by atoms with E-state index < -0.39 is 5.97 Å². The van der Waals surface area contributed by atoms with Crippen molar-refractivity contribution in [3.63, 3.8) is 0 Å². The fourth-order valence-corrected chi connectivity index (χ4v) is 1.18. The first-order chi connectivity index (χ1) is 7.56. The summed E-state index contributed by atoms with van der Waals surface area (Å²) in [6, 6.07) is 3.40. The number of anilines is 2. The molecule has 0 amide bonds.